The molecule has 0 fully saturated rings. The number of nitrogens with zero attached hydrogens (tertiary/aromatic N) is 2. The molecule has 136 valence electrons. The van der Waals surface area contributed by atoms with Gasteiger partial charge in [-0.3, -0.25) is 9.59 Å². The summed E-state index contributed by atoms with van der Waals surface area (Å²) < 4.78 is 14.7. The van der Waals surface area contributed by atoms with Gasteiger partial charge in [0.1, 0.15) is 5.82 Å². The number of carbonyl (C=O) groups is 2. The van der Waals surface area contributed by atoms with E-state index in [0.717, 1.165) is 5.56 Å². The minimum atomic E-state index is -0.327. The molecule has 0 spiro atoms. The fourth-order valence-electron chi connectivity index (χ4n) is 2.64. The second kappa shape index (κ2) is 7.78. The van der Waals surface area contributed by atoms with Gasteiger partial charge in [0.05, 0.1) is 23.1 Å². The van der Waals surface area contributed by atoms with Crippen molar-refractivity contribution in [3.63, 3.8) is 0 Å². The monoisotopic (exact) mass is 363 g/mol. The third-order valence-corrected chi connectivity index (χ3v) is 4.00. The zero-order valence-electron chi connectivity index (χ0n) is 14.9. The lowest BCUT2D eigenvalue weighted by Gasteiger charge is -2.04. The summed E-state index contributed by atoms with van der Waals surface area (Å²) in [5.41, 5.74) is 3.37. The van der Waals surface area contributed by atoms with E-state index in [-0.39, 0.29) is 17.5 Å². The maximum absolute atomic E-state index is 13.1. The van der Waals surface area contributed by atoms with E-state index in [1.54, 1.807) is 41.9 Å². The number of halogens is 1. The minimum Gasteiger partial charge on any atom is -0.326 e. The summed E-state index contributed by atoms with van der Waals surface area (Å²) in [6, 6.07) is 13.1. The van der Waals surface area contributed by atoms with E-state index in [4.69, 9.17) is 0 Å². The number of nitrogens with one attached hydrogen (secondary N) is 1. The molecule has 6 heteroatoms. The Balaban J connectivity index is 1.75. The highest BCUT2D eigenvalue weighted by Crippen LogP contribution is 2.16. The van der Waals surface area contributed by atoms with Crippen molar-refractivity contribution in [3.8, 4) is 5.69 Å². The average Bonchev–Trinajstić information content (AvgIpc) is 3.03. The van der Waals surface area contributed by atoms with Gasteiger partial charge < -0.3 is 5.32 Å². The highest BCUT2D eigenvalue weighted by Gasteiger charge is 2.13. The Morgan fingerprint density at radius 1 is 1.07 bits per heavy atom. The Morgan fingerprint density at radius 3 is 2.37 bits per heavy atom. The van der Waals surface area contributed by atoms with Crippen LogP contribution in [0.5, 0.6) is 0 Å². The Morgan fingerprint density at radius 2 is 1.74 bits per heavy atom. The largest absolute Gasteiger partial charge is 0.326 e. The van der Waals surface area contributed by atoms with Gasteiger partial charge in [0.2, 0.25) is 5.91 Å². The molecular formula is C21H18FN3O2. The van der Waals surface area contributed by atoms with Crippen molar-refractivity contribution in [2.45, 2.75) is 13.8 Å². The number of anilines is 1. The van der Waals surface area contributed by atoms with Crippen LogP contribution in [0.1, 0.15) is 28.5 Å². The highest BCUT2D eigenvalue weighted by atomic mass is 19.1. The molecule has 0 aliphatic heterocycles. The lowest BCUT2D eigenvalue weighted by atomic mass is 10.1. The number of ketones is 1. The van der Waals surface area contributed by atoms with Gasteiger partial charge in [-0.05, 0) is 55.0 Å². The summed E-state index contributed by atoms with van der Waals surface area (Å²) in [7, 11) is 0. The molecule has 1 amide bonds. The number of aromatic nitrogens is 2. The highest BCUT2D eigenvalue weighted by molar-refractivity contribution is 6.07. The van der Waals surface area contributed by atoms with E-state index in [9.17, 15) is 14.0 Å². The van der Waals surface area contributed by atoms with Gasteiger partial charge >= 0.3 is 0 Å². The predicted octanol–water partition coefficient (Wildman–Crippen LogP) is 4.17. The Labute approximate surface area is 156 Å². The van der Waals surface area contributed by atoms with Gasteiger partial charge in [0, 0.05) is 12.6 Å². The molecule has 0 saturated carbocycles. The van der Waals surface area contributed by atoms with Crippen LogP contribution in [0.3, 0.4) is 0 Å². The maximum atomic E-state index is 13.1. The maximum Gasteiger partial charge on any atom is 0.221 e. The van der Waals surface area contributed by atoms with Crippen LogP contribution in [0, 0.1) is 12.7 Å². The smallest absolute Gasteiger partial charge is 0.221 e. The summed E-state index contributed by atoms with van der Waals surface area (Å²) in [5.74, 6) is -0.638. The first-order valence-electron chi connectivity index (χ1n) is 8.34. The number of amides is 1. The zero-order valence-corrected chi connectivity index (χ0v) is 14.9. The van der Waals surface area contributed by atoms with Crippen LogP contribution in [0.25, 0.3) is 11.8 Å². The molecule has 1 heterocycles. The quantitative estimate of drug-likeness (QED) is 0.546. The molecule has 27 heavy (non-hydrogen) atoms. The van der Waals surface area contributed by atoms with E-state index in [1.807, 2.05) is 12.1 Å². The van der Waals surface area contributed by atoms with E-state index in [1.165, 1.54) is 31.3 Å². The molecule has 0 atom stereocenters. The molecule has 1 N–H and O–H groups in total. The summed E-state index contributed by atoms with van der Waals surface area (Å²) in [5, 5.41) is 6.92. The molecule has 2 aromatic carbocycles. The van der Waals surface area contributed by atoms with Crippen LogP contribution in [0.4, 0.5) is 10.1 Å². The molecule has 5 nitrogen and oxygen atoms in total. The molecule has 1 aromatic heterocycles. The number of hydrogen-bond donors (Lipinski definition) is 1. The average molecular weight is 363 g/mol. The van der Waals surface area contributed by atoms with Gasteiger partial charge in [-0.25, -0.2) is 9.07 Å². The van der Waals surface area contributed by atoms with E-state index >= 15 is 0 Å². The molecule has 0 saturated heterocycles. The Kier molecular flexibility index (Phi) is 5.26. The third-order valence-electron chi connectivity index (χ3n) is 4.00. The Hall–Kier alpha value is -3.54. The van der Waals surface area contributed by atoms with E-state index in [2.05, 4.69) is 10.4 Å². The van der Waals surface area contributed by atoms with Crippen LogP contribution in [0.15, 0.2) is 60.8 Å². The molecule has 3 aromatic rings. The number of carbonyl (C=O) groups excluding carboxylic acids is 2. The van der Waals surface area contributed by atoms with Crippen molar-refractivity contribution in [3.05, 3.63) is 83.4 Å². The first kappa shape index (κ1) is 18.3. The summed E-state index contributed by atoms with van der Waals surface area (Å²) in [4.78, 5) is 23.5. The van der Waals surface area contributed by atoms with Crippen molar-refractivity contribution in [1.82, 2.24) is 9.78 Å². The van der Waals surface area contributed by atoms with Crippen LogP contribution >= 0.6 is 0 Å². The number of benzene rings is 2. The van der Waals surface area contributed by atoms with Gasteiger partial charge in [0.15, 0.2) is 5.78 Å². The van der Waals surface area contributed by atoms with Crippen LogP contribution in [-0.4, -0.2) is 21.5 Å². The summed E-state index contributed by atoms with van der Waals surface area (Å²) >= 11 is 0. The van der Waals surface area contributed by atoms with Crippen molar-refractivity contribution < 1.29 is 14.0 Å². The molecule has 0 unspecified atom stereocenters. The topological polar surface area (TPSA) is 64.0 Å². The zero-order chi connectivity index (χ0) is 19.4. The first-order chi connectivity index (χ1) is 12.9. The van der Waals surface area contributed by atoms with Gasteiger partial charge in [0.25, 0.3) is 0 Å². The van der Waals surface area contributed by atoms with E-state index < -0.39 is 0 Å². The number of rotatable bonds is 5. The fourth-order valence-corrected chi connectivity index (χ4v) is 2.64. The lowest BCUT2D eigenvalue weighted by Crippen LogP contribution is -2.05. The normalized spacial score (nSPS) is 10.9. The number of hydrogen-bond acceptors (Lipinski definition) is 3. The van der Waals surface area contributed by atoms with Crippen LogP contribution in [0.2, 0.25) is 0 Å². The SMILES string of the molecule is CC(=O)Nc1ccc(/C=C/C(=O)c2cnn(-c3ccc(F)cc3)c2C)cc1. The molecule has 0 aliphatic rings. The van der Waals surface area contributed by atoms with Crippen molar-refractivity contribution in [2.75, 3.05) is 5.32 Å². The molecule has 0 aliphatic carbocycles. The summed E-state index contributed by atoms with van der Waals surface area (Å²) in [6.07, 6.45) is 4.69. The molecular weight excluding hydrogens is 345 g/mol. The van der Waals surface area contributed by atoms with Crippen molar-refractivity contribution in [1.29, 1.82) is 0 Å². The Bertz CT molecular complexity index is 1000. The molecule has 0 bridgehead atoms. The molecule has 0 radical (unpaired) electrons. The lowest BCUT2D eigenvalue weighted by molar-refractivity contribution is -0.114. The van der Waals surface area contributed by atoms with Gasteiger partial charge in [-0.15, -0.1) is 0 Å². The summed E-state index contributed by atoms with van der Waals surface area (Å²) in [6.45, 7) is 3.24. The van der Waals surface area contributed by atoms with Crippen LogP contribution in [-0.2, 0) is 4.79 Å². The van der Waals surface area contributed by atoms with Gasteiger partial charge in [-0.1, -0.05) is 18.2 Å². The third kappa shape index (κ3) is 4.36. The fraction of sp³-hybridized carbons (Fsp3) is 0.0952. The molecule has 3 rings (SSSR count). The second-order valence-electron chi connectivity index (χ2n) is 6.03. The first-order valence-corrected chi connectivity index (χ1v) is 8.34. The van der Waals surface area contributed by atoms with Crippen LogP contribution < -0.4 is 5.32 Å². The minimum absolute atomic E-state index is 0.137. The second-order valence-corrected chi connectivity index (χ2v) is 6.03. The predicted molar refractivity (Wildman–Crippen MR) is 102 cm³/mol. The standard InChI is InChI=1S/C21H18FN3O2/c1-14-20(13-23-25(14)19-10-6-17(22)7-11-19)21(27)12-5-16-3-8-18(9-4-16)24-15(2)26/h3-13H,1-2H3,(H,24,26)/b12-5+. The van der Waals surface area contributed by atoms with Crippen molar-refractivity contribution >= 4 is 23.5 Å². The van der Waals surface area contributed by atoms with E-state index in [0.29, 0.717) is 22.6 Å². The van der Waals surface area contributed by atoms with Crippen molar-refractivity contribution in [2.24, 2.45) is 0 Å². The number of allylic oxidation sites excluding steroid dienone is 1. The van der Waals surface area contributed by atoms with Gasteiger partial charge in [-0.2, -0.15) is 5.10 Å².